The lowest BCUT2D eigenvalue weighted by Gasteiger charge is -2.25. The molecule has 4 atom stereocenters. The summed E-state index contributed by atoms with van der Waals surface area (Å²) in [5.41, 5.74) is 0.681. The van der Waals surface area contributed by atoms with Crippen LogP contribution in [-0.2, 0) is 11.2 Å². The number of nitrogens with one attached hydrogen (secondary N) is 2. The van der Waals surface area contributed by atoms with E-state index in [2.05, 4.69) is 10.6 Å². The third-order valence-corrected chi connectivity index (χ3v) is 6.97. The fraction of sp³-hybridized carbons (Fsp3) is 0.250. The van der Waals surface area contributed by atoms with Crippen molar-refractivity contribution in [2.45, 2.75) is 23.7 Å². The Morgan fingerprint density at radius 3 is 1.53 bits per heavy atom. The fourth-order valence-corrected chi connectivity index (χ4v) is 5.62. The molecule has 3 aromatic carbocycles. The van der Waals surface area contributed by atoms with E-state index in [0.717, 1.165) is 11.4 Å². The van der Waals surface area contributed by atoms with Crippen LogP contribution in [0.4, 0.5) is 11.4 Å². The van der Waals surface area contributed by atoms with Crippen molar-refractivity contribution in [3.05, 3.63) is 70.8 Å². The lowest BCUT2D eigenvalue weighted by atomic mass is 9.82. The molecule has 0 amide bonds. The van der Waals surface area contributed by atoms with Crippen LogP contribution >= 0.6 is 0 Å². The third kappa shape index (κ3) is 1.76. The van der Waals surface area contributed by atoms with E-state index in [1.165, 1.54) is 14.2 Å². The Labute approximate surface area is 183 Å². The van der Waals surface area contributed by atoms with Crippen molar-refractivity contribution in [3.8, 4) is 23.0 Å². The Morgan fingerprint density at radius 1 is 0.719 bits per heavy atom. The van der Waals surface area contributed by atoms with Gasteiger partial charge in [0, 0.05) is 22.5 Å². The third-order valence-electron chi connectivity index (χ3n) is 6.97. The predicted molar refractivity (Wildman–Crippen MR) is 115 cm³/mol. The van der Waals surface area contributed by atoms with Gasteiger partial charge in [-0.3, -0.25) is 0 Å². The number of benzene rings is 3. The first kappa shape index (κ1) is 18.0. The predicted octanol–water partition coefficient (Wildman–Crippen LogP) is 2.46. The zero-order valence-corrected chi connectivity index (χ0v) is 17.3. The van der Waals surface area contributed by atoms with Gasteiger partial charge in [0.1, 0.15) is 0 Å². The maximum Gasteiger partial charge on any atom is 0.208 e. The van der Waals surface area contributed by atoms with Crippen LogP contribution in [0.1, 0.15) is 22.3 Å². The molecule has 8 heteroatoms. The molecule has 4 heterocycles. The number of fused-ring (bicyclic) bond motifs is 10. The van der Waals surface area contributed by atoms with Gasteiger partial charge in [-0.1, -0.05) is 36.4 Å². The number of methoxy groups -OCH3 is 2. The number of para-hydroxylation sites is 2. The second-order valence-corrected chi connectivity index (χ2v) is 8.38. The molecule has 32 heavy (non-hydrogen) atoms. The number of hydrogen-bond donors (Lipinski definition) is 4. The molecule has 162 valence electrons. The van der Waals surface area contributed by atoms with Gasteiger partial charge in [0.25, 0.3) is 0 Å². The Balaban J connectivity index is 1.55. The molecule has 4 N–H and O–H groups in total. The minimum atomic E-state index is -1.52. The maximum absolute atomic E-state index is 12.0. The molecule has 8 nitrogen and oxygen atoms in total. The number of ether oxygens (including phenoxy) is 4. The van der Waals surface area contributed by atoms with Crippen LogP contribution in [0.2, 0.25) is 0 Å². The van der Waals surface area contributed by atoms with Crippen LogP contribution in [0.3, 0.4) is 0 Å². The molecule has 0 fully saturated rings. The van der Waals surface area contributed by atoms with E-state index < -0.39 is 23.7 Å². The highest BCUT2D eigenvalue weighted by atomic mass is 16.6. The Kier molecular flexibility index (Phi) is 3.14. The second-order valence-electron chi connectivity index (χ2n) is 8.38. The van der Waals surface area contributed by atoms with Crippen molar-refractivity contribution in [2.75, 3.05) is 24.9 Å². The first-order valence-corrected chi connectivity index (χ1v) is 10.4. The summed E-state index contributed by atoms with van der Waals surface area (Å²) in [5.74, 6) is 1.25. The lowest BCUT2D eigenvalue weighted by Crippen LogP contribution is -2.39. The molecule has 4 aliphatic rings. The number of aliphatic hydroxyl groups is 2. The monoisotopic (exact) mass is 432 g/mol. The summed E-state index contributed by atoms with van der Waals surface area (Å²) >= 11 is 0. The van der Waals surface area contributed by atoms with E-state index in [4.69, 9.17) is 18.9 Å². The van der Waals surface area contributed by atoms with Gasteiger partial charge in [-0.15, -0.1) is 0 Å². The van der Waals surface area contributed by atoms with Gasteiger partial charge >= 0.3 is 0 Å². The van der Waals surface area contributed by atoms with Crippen molar-refractivity contribution < 1.29 is 29.2 Å². The van der Waals surface area contributed by atoms with Crippen LogP contribution in [0.25, 0.3) is 0 Å². The van der Waals surface area contributed by atoms with E-state index in [1.807, 2.05) is 48.5 Å². The highest BCUT2D eigenvalue weighted by Crippen LogP contribution is 2.67. The molecule has 3 aromatic rings. The molecule has 4 aliphatic heterocycles. The van der Waals surface area contributed by atoms with Crippen LogP contribution in [0.5, 0.6) is 23.0 Å². The molecular formula is C24H20N2O6. The smallest absolute Gasteiger partial charge is 0.208 e. The lowest BCUT2D eigenvalue weighted by molar-refractivity contribution is 0.0120. The molecular weight excluding hydrogens is 412 g/mol. The summed E-state index contributed by atoms with van der Waals surface area (Å²) in [6.45, 7) is 0. The van der Waals surface area contributed by atoms with E-state index in [1.54, 1.807) is 0 Å². The average molecular weight is 432 g/mol. The SMILES string of the molecule is COc1c2c(c(OC)c3c1[C@@]1(O)c4ccccc4N[C@H]1O3)[C@@]1(O)c3ccccc3N[C@H]1O2. The first-order valence-electron chi connectivity index (χ1n) is 10.4. The second kappa shape index (κ2) is 5.59. The maximum atomic E-state index is 12.0. The molecule has 0 spiro atoms. The van der Waals surface area contributed by atoms with E-state index in [-0.39, 0.29) is 0 Å². The molecule has 0 unspecified atom stereocenters. The van der Waals surface area contributed by atoms with Gasteiger partial charge < -0.3 is 39.8 Å². The minimum Gasteiger partial charge on any atom is -0.492 e. The Bertz CT molecular complexity index is 1220. The molecule has 0 radical (unpaired) electrons. The molecule has 0 bridgehead atoms. The summed E-state index contributed by atoms with van der Waals surface area (Å²) in [7, 11) is 3.02. The minimum absolute atomic E-state index is 0.307. The van der Waals surface area contributed by atoms with Gasteiger partial charge in [-0.25, -0.2) is 0 Å². The van der Waals surface area contributed by atoms with Gasteiger partial charge in [-0.2, -0.15) is 0 Å². The summed E-state index contributed by atoms with van der Waals surface area (Å²) < 4.78 is 24.1. The van der Waals surface area contributed by atoms with E-state index in [0.29, 0.717) is 45.3 Å². The number of anilines is 2. The normalized spacial score (nSPS) is 29.2. The van der Waals surface area contributed by atoms with Crippen molar-refractivity contribution in [1.29, 1.82) is 0 Å². The quantitative estimate of drug-likeness (QED) is 0.490. The summed E-state index contributed by atoms with van der Waals surface area (Å²) in [4.78, 5) is 0. The number of rotatable bonds is 2. The van der Waals surface area contributed by atoms with Crippen molar-refractivity contribution >= 4 is 11.4 Å². The van der Waals surface area contributed by atoms with Gasteiger partial charge in [0.05, 0.1) is 25.3 Å². The highest BCUT2D eigenvalue weighted by Gasteiger charge is 2.63. The van der Waals surface area contributed by atoms with Crippen molar-refractivity contribution in [2.24, 2.45) is 0 Å². The first-order chi connectivity index (χ1) is 15.5. The van der Waals surface area contributed by atoms with E-state index >= 15 is 0 Å². The zero-order valence-electron chi connectivity index (χ0n) is 17.3. The zero-order chi connectivity index (χ0) is 21.8. The summed E-state index contributed by atoms with van der Waals surface area (Å²) in [5, 5.41) is 30.4. The molecule has 0 saturated heterocycles. The topological polar surface area (TPSA) is 101 Å². The highest BCUT2D eigenvalue weighted by molar-refractivity contribution is 5.81. The van der Waals surface area contributed by atoms with Crippen molar-refractivity contribution in [1.82, 2.24) is 0 Å². The summed E-state index contributed by atoms with van der Waals surface area (Å²) in [6, 6.07) is 15.0. The van der Waals surface area contributed by atoms with Crippen molar-refractivity contribution in [3.63, 3.8) is 0 Å². The average Bonchev–Trinajstić information content (AvgIpc) is 3.45. The van der Waals surface area contributed by atoms with E-state index in [9.17, 15) is 10.2 Å². The standard InChI is InChI=1S/C24H20N2O6/c1-29-17-15-20(32-21-23(15,27)11-7-3-5-9-13(11)25-21)18(30-2)16-19(17)31-22-24(16,28)12-8-4-6-10-14(12)26-22/h3-10,21-22,25-28H,1-2H3/t21-,22-,23-,24-/m0/s1. The van der Waals surface area contributed by atoms with Gasteiger partial charge in [-0.05, 0) is 12.1 Å². The van der Waals surface area contributed by atoms with Gasteiger partial charge in [0.15, 0.2) is 34.2 Å². The van der Waals surface area contributed by atoms with Gasteiger partial charge in [0.2, 0.25) is 12.5 Å². The Morgan fingerprint density at radius 2 is 1.12 bits per heavy atom. The molecule has 0 aliphatic carbocycles. The summed E-state index contributed by atoms with van der Waals surface area (Å²) in [6.07, 6.45) is -1.56. The number of hydrogen-bond acceptors (Lipinski definition) is 8. The largest absolute Gasteiger partial charge is 0.492 e. The molecule has 0 aromatic heterocycles. The van der Waals surface area contributed by atoms with Crippen LogP contribution in [0.15, 0.2) is 48.5 Å². The fourth-order valence-electron chi connectivity index (χ4n) is 5.62. The molecule has 7 rings (SSSR count). The van der Waals surface area contributed by atoms with Crippen LogP contribution in [0, 0.1) is 0 Å². The Hall–Kier alpha value is -3.62. The van der Waals surface area contributed by atoms with Crippen LogP contribution < -0.4 is 29.6 Å². The molecule has 0 saturated carbocycles. The van der Waals surface area contributed by atoms with Crippen LogP contribution in [-0.4, -0.2) is 36.9 Å².